The van der Waals surface area contributed by atoms with Gasteiger partial charge >= 0.3 is 0 Å². The lowest BCUT2D eigenvalue weighted by Crippen LogP contribution is -2.32. The number of anilines is 2. The molecule has 0 spiro atoms. The van der Waals surface area contributed by atoms with Gasteiger partial charge in [0.2, 0.25) is 0 Å². The van der Waals surface area contributed by atoms with Crippen LogP contribution in [0.15, 0.2) is 18.2 Å². The normalized spacial score (nSPS) is 12.5. The Morgan fingerprint density at radius 1 is 1.50 bits per heavy atom. The molecule has 90 valence electrons. The van der Waals surface area contributed by atoms with Crippen molar-refractivity contribution < 1.29 is 9.84 Å². The predicted molar refractivity (Wildman–Crippen MR) is 66.7 cm³/mol. The summed E-state index contributed by atoms with van der Waals surface area (Å²) < 4.78 is 4.89. The number of para-hydroxylation sites is 1. The molecule has 3 N–H and O–H groups in total. The van der Waals surface area contributed by atoms with Crippen molar-refractivity contribution in [3.8, 4) is 0 Å². The summed E-state index contributed by atoms with van der Waals surface area (Å²) in [7, 11) is 3.48. The fraction of sp³-hybridized carbons (Fsp3) is 0.500. The molecule has 0 aliphatic heterocycles. The second-order valence-electron chi connectivity index (χ2n) is 4.00. The van der Waals surface area contributed by atoms with Gasteiger partial charge in [-0.3, -0.25) is 0 Å². The van der Waals surface area contributed by atoms with Crippen LogP contribution in [0.3, 0.4) is 0 Å². The molecule has 4 nitrogen and oxygen atoms in total. The van der Waals surface area contributed by atoms with Crippen molar-refractivity contribution in [2.45, 2.75) is 13.0 Å². The van der Waals surface area contributed by atoms with Crippen LogP contribution < -0.4 is 10.6 Å². The molecule has 0 radical (unpaired) electrons. The highest BCUT2D eigenvalue weighted by atomic mass is 16.5. The van der Waals surface area contributed by atoms with Crippen LogP contribution in [0.4, 0.5) is 11.4 Å². The fourth-order valence-electron chi connectivity index (χ4n) is 1.66. The smallest absolute Gasteiger partial charge is 0.0947 e. The van der Waals surface area contributed by atoms with Gasteiger partial charge in [0, 0.05) is 20.7 Å². The van der Waals surface area contributed by atoms with E-state index in [1.54, 1.807) is 7.11 Å². The average molecular weight is 224 g/mol. The number of hydrogen-bond acceptors (Lipinski definition) is 4. The van der Waals surface area contributed by atoms with Gasteiger partial charge in [0.15, 0.2) is 0 Å². The highest BCUT2D eigenvalue weighted by molar-refractivity contribution is 5.70. The Bertz CT molecular complexity index is 342. The van der Waals surface area contributed by atoms with Gasteiger partial charge in [-0.2, -0.15) is 0 Å². The van der Waals surface area contributed by atoms with E-state index in [0.717, 1.165) is 16.9 Å². The van der Waals surface area contributed by atoms with E-state index < -0.39 is 6.10 Å². The number of benzene rings is 1. The summed E-state index contributed by atoms with van der Waals surface area (Å²) in [4.78, 5) is 1.94. The van der Waals surface area contributed by atoms with E-state index in [0.29, 0.717) is 13.2 Å². The van der Waals surface area contributed by atoms with Gasteiger partial charge in [-0.25, -0.2) is 0 Å². The van der Waals surface area contributed by atoms with Crippen LogP contribution in [-0.4, -0.2) is 38.5 Å². The molecule has 0 heterocycles. The summed E-state index contributed by atoms with van der Waals surface area (Å²) in [5, 5.41) is 9.63. The van der Waals surface area contributed by atoms with Gasteiger partial charge < -0.3 is 20.5 Å². The first-order valence-electron chi connectivity index (χ1n) is 5.29. The molecule has 4 heteroatoms. The molecule has 1 aromatic carbocycles. The molecule has 0 fully saturated rings. The third-order valence-electron chi connectivity index (χ3n) is 2.56. The lowest BCUT2D eigenvalue weighted by atomic mass is 10.1. The van der Waals surface area contributed by atoms with Gasteiger partial charge in [0.05, 0.1) is 24.1 Å². The van der Waals surface area contributed by atoms with Gasteiger partial charge in [-0.05, 0) is 18.6 Å². The molecular weight excluding hydrogens is 204 g/mol. The Hall–Kier alpha value is -1.26. The summed E-state index contributed by atoms with van der Waals surface area (Å²) in [5.41, 5.74) is 8.72. The number of aliphatic hydroxyl groups is 1. The van der Waals surface area contributed by atoms with Gasteiger partial charge in [0.25, 0.3) is 0 Å². The summed E-state index contributed by atoms with van der Waals surface area (Å²) >= 11 is 0. The molecule has 0 bridgehead atoms. The number of rotatable bonds is 5. The van der Waals surface area contributed by atoms with E-state index in [1.807, 2.05) is 37.1 Å². The van der Waals surface area contributed by atoms with Gasteiger partial charge in [-0.15, -0.1) is 0 Å². The van der Waals surface area contributed by atoms with Crippen LogP contribution >= 0.6 is 0 Å². The van der Waals surface area contributed by atoms with Crippen LogP contribution in [0.25, 0.3) is 0 Å². The van der Waals surface area contributed by atoms with E-state index in [1.165, 1.54) is 0 Å². The molecule has 0 saturated heterocycles. The number of nitrogen functional groups attached to an aromatic ring is 1. The Balaban J connectivity index is 2.72. The zero-order valence-corrected chi connectivity index (χ0v) is 10.1. The van der Waals surface area contributed by atoms with Crippen LogP contribution in [-0.2, 0) is 4.74 Å². The Morgan fingerprint density at radius 2 is 2.19 bits per heavy atom. The summed E-state index contributed by atoms with van der Waals surface area (Å²) in [5.74, 6) is 0. The number of aliphatic hydroxyl groups excluding tert-OH is 1. The Labute approximate surface area is 96.6 Å². The van der Waals surface area contributed by atoms with Crippen molar-refractivity contribution in [3.05, 3.63) is 23.8 Å². The quantitative estimate of drug-likeness (QED) is 0.733. The third kappa shape index (κ3) is 3.12. The minimum absolute atomic E-state index is 0.329. The van der Waals surface area contributed by atoms with Crippen LogP contribution in [0, 0.1) is 6.92 Å². The number of nitrogens with two attached hydrogens (primary N) is 1. The summed E-state index contributed by atoms with van der Waals surface area (Å²) in [6, 6.07) is 5.88. The molecule has 0 aliphatic carbocycles. The predicted octanol–water partition coefficient (Wildman–Crippen LogP) is 1.02. The largest absolute Gasteiger partial charge is 0.397 e. The zero-order chi connectivity index (χ0) is 12.1. The molecule has 1 atom stereocenters. The van der Waals surface area contributed by atoms with E-state index in [4.69, 9.17) is 10.5 Å². The SMILES string of the molecule is COCC(O)CN(C)c1cccc(C)c1N. The third-order valence-corrected chi connectivity index (χ3v) is 2.56. The van der Waals surface area contributed by atoms with Gasteiger partial charge in [0.1, 0.15) is 0 Å². The molecule has 1 rings (SSSR count). The highest BCUT2D eigenvalue weighted by Gasteiger charge is 2.11. The second-order valence-corrected chi connectivity index (χ2v) is 4.00. The summed E-state index contributed by atoms with van der Waals surface area (Å²) in [6.45, 7) is 2.80. The van der Waals surface area contributed by atoms with Crippen molar-refractivity contribution in [1.82, 2.24) is 0 Å². The maximum absolute atomic E-state index is 9.63. The Kier molecular flexibility index (Phi) is 4.58. The van der Waals surface area contributed by atoms with E-state index in [9.17, 15) is 5.11 Å². The number of likely N-dealkylation sites (N-methyl/N-ethyl adjacent to an activating group) is 1. The number of aryl methyl sites for hydroxylation is 1. The lowest BCUT2D eigenvalue weighted by molar-refractivity contribution is 0.0695. The summed E-state index contributed by atoms with van der Waals surface area (Å²) in [6.07, 6.45) is -0.505. The topological polar surface area (TPSA) is 58.7 Å². The first kappa shape index (κ1) is 12.8. The lowest BCUT2D eigenvalue weighted by Gasteiger charge is -2.24. The van der Waals surface area contributed by atoms with Crippen molar-refractivity contribution in [1.29, 1.82) is 0 Å². The van der Waals surface area contributed by atoms with Crippen molar-refractivity contribution in [3.63, 3.8) is 0 Å². The average Bonchev–Trinajstić information content (AvgIpc) is 2.22. The molecule has 1 aromatic rings. The number of methoxy groups -OCH3 is 1. The zero-order valence-electron chi connectivity index (χ0n) is 10.1. The fourth-order valence-corrected chi connectivity index (χ4v) is 1.66. The molecular formula is C12H20N2O2. The maximum Gasteiger partial charge on any atom is 0.0947 e. The second kappa shape index (κ2) is 5.72. The van der Waals surface area contributed by atoms with Crippen LogP contribution in [0.5, 0.6) is 0 Å². The molecule has 0 saturated carbocycles. The van der Waals surface area contributed by atoms with Crippen molar-refractivity contribution >= 4 is 11.4 Å². The number of ether oxygens (including phenoxy) is 1. The molecule has 0 aromatic heterocycles. The molecule has 1 unspecified atom stereocenters. The minimum Gasteiger partial charge on any atom is -0.397 e. The monoisotopic (exact) mass is 224 g/mol. The van der Waals surface area contributed by atoms with E-state index in [-0.39, 0.29) is 0 Å². The van der Waals surface area contributed by atoms with E-state index in [2.05, 4.69) is 0 Å². The highest BCUT2D eigenvalue weighted by Crippen LogP contribution is 2.25. The molecule has 0 aliphatic rings. The van der Waals surface area contributed by atoms with Gasteiger partial charge in [-0.1, -0.05) is 12.1 Å². The Morgan fingerprint density at radius 3 is 2.81 bits per heavy atom. The number of hydrogen-bond donors (Lipinski definition) is 2. The minimum atomic E-state index is -0.505. The van der Waals surface area contributed by atoms with E-state index >= 15 is 0 Å². The number of nitrogens with zero attached hydrogens (tertiary/aromatic N) is 1. The van der Waals surface area contributed by atoms with Crippen molar-refractivity contribution in [2.75, 3.05) is 37.9 Å². The standard InChI is InChI=1S/C12H20N2O2/c1-9-5-4-6-11(12(9)13)14(2)7-10(15)8-16-3/h4-6,10,15H,7-8,13H2,1-3H3. The van der Waals surface area contributed by atoms with Crippen molar-refractivity contribution in [2.24, 2.45) is 0 Å². The van der Waals surface area contributed by atoms with Crippen LogP contribution in [0.2, 0.25) is 0 Å². The first-order chi connectivity index (χ1) is 7.56. The molecule has 0 amide bonds. The first-order valence-corrected chi connectivity index (χ1v) is 5.29. The molecule has 16 heavy (non-hydrogen) atoms. The maximum atomic E-state index is 9.63. The van der Waals surface area contributed by atoms with Crippen LogP contribution in [0.1, 0.15) is 5.56 Å².